The van der Waals surface area contributed by atoms with E-state index >= 15 is 0 Å². The molecule has 0 aromatic rings. The van der Waals surface area contributed by atoms with E-state index in [0.29, 0.717) is 6.42 Å². The molecule has 0 fully saturated rings. The largest absolute Gasteiger partial charge is 0.472 e. The maximum atomic E-state index is 12.7. The molecule has 0 rings (SSSR count). The van der Waals surface area contributed by atoms with Crippen LogP contribution in [0.4, 0.5) is 0 Å². The SMILES string of the molecule is CC/C=C\C/C=C\C/C=C\C/C=C\C/C=C\C/C=C\C/C=C\C/C=C\CCCCC(=O)OC(COC(=O)CCCCCCCCCCCCCCCCCCCCCCCCCCCCCCCCCCCC)COP(=O)(O)OCCN. The molecule has 0 saturated heterocycles. The quantitative estimate of drug-likeness (QED) is 0.0264. The van der Waals surface area contributed by atoms with Crippen LogP contribution in [0.5, 0.6) is 0 Å². The summed E-state index contributed by atoms with van der Waals surface area (Å²) in [6.45, 7) is 3.61. The molecule has 0 bridgehead atoms. The molecule has 0 radical (unpaired) electrons. The number of ether oxygens (including phenoxy) is 2. The van der Waals surface area contributed by atoms with Crippen LogP contribution in [0.25, 0.3) is 0 Å². The number of phosphoric ester groups is 1. The van der Waals surface area contributed by atoms with E-state index in [9.17, 15) is 19.0 Å². The number of allylic oxidation sites excluding steroid dienone is 16. The van der Waals surface area contributed by atoms with Gasteiger partial charge in [0.1, 0.15) is 6.61 Å². The van der Waals surface area contributed by atoms with Gasteiger partial charge in [0.2, 0.25) is 0 Å². The van der Waals surface area contributed by atoms with Crippen LogP contribution in [0.2, 0.25) is 0 Å². The number of phosphoric acid groups is 1. The zero-order valence-corrected chi connectivity index (χ0v) is 54.1. The Labute approximate surface area is 506 Å². The highest BCUT2D eigenvalue weighted by molar-refractivity contribution is 7.47. The van der Waals surface area contributed by atoms with E-state index in [-0.39, 0.29) is 38.6 Å². The van der Waals surface area contributed by atoms with Gasteiger partial charge in [-0.3, -0.25) is 18.6 Å². The molecule has 0 aliphatic rings. The molecule has 0 aromatic carbocycles. The first-order valence-corrected chi connectivity index (χ1v) is 35.7. The highest BCUT2D eigenvalue weighted by Gasteiger charge is 2.26. The smallest absolute Gasteiger partial charge is 0.462 e. The second-order valence-electron chi connectivity index (χ2n) is 22.7. The summed E-state index contributed by atoms with van der Waals surface area (Å²) in [6.07, 6.45) is 90.9. The summed E-state index contributed by atoms with van der Waals surface area (Å²) in [7, 11) is -4.41. The minimum absolute atomic E-state index is 0.0423. The Kier molecular flexibility index (Phi) is 64.6. The number of rotatable bonds is 64. The third kappa shape index (κ3) is 66.1. The number of hydrogen-bond donors (Lipinski definition) is 2. The summed E-state index contributed by atoms with van der Waals surface area (Å²) in [6, 6.07) is 0. The van der Waals surface area contributed by atoms with E-state index in [2.05, 4.69) is 111 Å². The molecule has 0 heterocycles. The van der Waals surface area contributed by atoms with Crippen LogP contribution in [0.3, 0.4) is 0 Å². The van der Waals surface area contributed by atoms with Gasteiger partial charge in [-0.15, -0.1) is 0 Å². The fourth-order valence-electron chi connectivity index (χ4n) is 9.71. The van der Waals surface area contributed by atoms with E-state index in [1.807, 2.05) is 0 Å². The van der Waals surface area contributed by atoms with Crippen LogP contribution < -0.4 is 5.73 Å². The molecule has 0 aliphatic heterocycles. The fourth-order valence-corrected chi connectivity index (χ4v) is 10.5. The van der Waals surface area contributed by atoms with Gasteiger partial charge in [0, 0.05) is 19.4 Å². The van der Waals surface area contributed by atoms with Crippen LogP contribution in [0.1, 0.15) is 316 Å². The van der Waals surface area contributed by atoms with Crippen LogP contribution >= 0.6 is 7.82 Å². The maximum Gasteiger partial charge on any atom is 0.472 e. The van der Waals surface area contributed by atoms with Crippen LogP contribution in [0, 0.1) is 0 Å². The van der Waals surface area contributed by atoms with Crippen molar-refractivity contribution < 1.29 is 37.6 Å². The van der Waals surface area contributed by atoms with Gasteiger partial charge in [-0.25, -0.2) is 4.57 Å². The Balaban J connectivity index is 3.93. The first kappa shape index (κ1) is 78.9. The number of unbranched alkanes of at least 4 members (excludes halogenated alkanes) is 35. The molecule has 0 spiro atoms. The van der Waals surface area contributed by atoms with Crippen molar-refractivity contribution in [3.05, 3.63) is 97.2 Å². The fraction of sp³-hybridized carbons (Fsp3) is 0.750. The highest BCUT2D eigenvalue weighted by Crippen LogP contribution is 2.43. The summed E-state index contributed by atoms with van der Waals surface area (Å²) in [5, 5.41) is 0. The molecule has 0 aromatic heterocycles. The second-order valence-corrected chi connectivity index (χ2v) is 24.1. The van der Waals surface area contributed by atoms with Crippen LogP contribution in [0.15, 0.2) is 97.2 Å². The van der Waals surface area contributed by atoms with E-state index < -0.39 is 26.5 Å². The summed E-state index contributed by atoms with van der Waals surface area (Å²) in [4.78, 5) is 35.3. The molecular weight excluding hydrogens is 1040 g/mol. The van der Waals surface area contributed by atoms with Crippen molar-refractivity contribution in [3.8, 4) is 0 Å². The molecule has 0 saturated carbocycles. The van der Waals surface area contributed by atoms with E-state index in [1.165, 1.54) is 199 Å². The predicted octanol–water partition coefficient (Wildman–Crippen LogP) is 22.4. The highest BCUT2D eigenvalue weighted by atomic mass is 31.2. The van der Waals surface area contributed by atoms with E-state index in [0.717, 1.165) is 83.5 Å². The second kappa shape index (κ2) is 67.1. The summed E-state index contributed by atoms with van der Waals surface area (Å²) in [5.74, 6) is -0.873. The molecule has 82 heavy (non-hydrogen) atoms. The zero-order valence-electron chi connectivity index (χ0n) is 53.2. The molecular formula is C72H128NO8P. The molecule has 9 nitrogen and oxygen atoms in total. The lowest BCUT2D eigenvalue weighted by molar-refractivity contribution is -0.161. The van der Waals surface area contributed by atoms with E-state index in [1.54, 1.807) is 0 Å². The van der Waals surface area contributed by atoms with E-state index in [4.69, 9.17) is 24.3 Å². The van der Waals surface area contributed by atoms with Crippen molar-refractivity contribution in [3.63, 3.8) is 0 Å². The van der Waals surface area contributed by atoms with Crippen molar-refractivity contribution >= 4 is 19.8 Å². The van der Waals surface area contributed by atoms with Gasteiger partial charge in [0.05, 0.1) is 13.2 Å². The molecule has 474 valence electrons. The Bertz CT molecular complexity index is 1660. The monoisotopic (exact) mass is 1170 g/mol. The molecule has 3 N–H and O–H groups in total. The summed E-state index contributed by atoms with van der Waals surface area (Å²) in [5.41, 5.74) is 5.39. The lowest BCUT2D eigenvalue weighted by Gasteiger charge is -2.19. The van der Waals surface area contributed by atoms with Gasteiger partial charge >= 0.3 is 19.8 Å². The molecule has 2 unspecified atom stereocenters. The van der Waals surface area contributed by atoms with Crippen LogP contribution in [-0.4, -0.2) is 49.3 Å². The topological polar surface area (TPSA) is 134 Å². The third-order valence-corrected chi connectivity index (χ3v) is 15.7. The first-order chi connectivity index (χ1) is 40.3. The lowest BCUT2D eigenvalue weighted by Crippen LogP contribution is -2.29. The number of nitrogens with two attached hydrogens (primary N) is 1. The average molecular weight is 1170 g/mol. The Morgan fingerprint density at radius 2 is 0.671 bits per heavy atom. The molecule has 10 heteroatoms. The van der Waals surface area contributed by atoms with Crippen molar-refractivity contribution in [1.82, 2.24) is 0 Å². The molecule has 0 amide bonds. The van der Waals surface area contributed by atoms with Crippen LogP contribution in [-0.2, 0) is 32.7 Å². The predicted molar refractivity (Wildman–Crippen MR) is 353 cm³/mol. The molecule has 0 aliphatic carbocycles. The minimum Gasteiger partial charge on any atom is -0.462 e. The zero-order chi connectivity index (χ0) is 59.4. The summed E-state index contributed by atoms with van der Waals surface area (Å²) >= 11 is 0. The van der Waals surface area contributed by atoms with Gasteiger partial charge in [-0.2, -0.15) is 0 Å². The standard InChI is InChI=1S/C72H128NO8P/c1-3-5-7-9-11-13-15-17-19-21-23-25-27-29-31-32-33-34-35-36-37-39-40-42-44-46-48-50-52-54-56-58-60-62-64-71(74)78-68-70(69-80-82(76,77)79-67-66-73)81-72(75)65-63-61-59-57-55-53-51-49-47-45-43-41-38-30-28-26-24-22-20-18-16-14-12-10-8-6-4-2/h6,8,12,14,18,20,24,26,30,38,43,45,49,51,55,57,70H,3-5,7,9-11,13,15-17,19,21-23,25,27-29,31-37,39-42,44,46-48,50,52-54,56,58-69,73H2,1-2H3,(H,76,77)/b8-6-,14-12-,20-18-,26-24-,38-30-,45-43-,51-49-,57-55-. The van der Waals surface area contributed by atoms with Crippen molar-refractivity contribution in [2.24, 2.45) is 5.73 Å². The Hall–Kier alpha value is -3.07. The number of hydrogen-bond acceptors (Lipinski definition) is 8. The van der Waals surface area contributed by atoms with Gasteiger partial charge < -0.3 is 20.1 Å². The number of carbonyl (C=O) groups excluding carboxylic acids is 2. The lowest BCUT2D eigenvalue weighted by atomic mass is 10.0. The third-order valence-electron chi connectivity index (χ3n) is 14.7. The average Bonchev–Trinajstić information content (AvgIpc) is 3.49. The van der Waals surface area contributed by atoms with Crippen molar-refractivity contribution in [2.45, 2.75) is 322 Å². The Morgan fingerprint density at radius 3 is 1.00 bits per heavy atom. The summed E-state index contributed by atoms with van der Waals surface area (Å²) < 4.78 is 33.1. The van der Waals surface area contributed by atoms with Gasteiger partial charge in [-0.1, -0.05) is 323 Å². The Morgan fingerprint density at radius 1 is 0.378 bits per heavy atom. The molecule has 2 atom stereocenters. The van der Waals surface area contributed by atoms with Gasteiger partial charge in [-0.05, 0) is 77.0 Å². The maximum absolute atomic E-state index is 12.7. The normalized spacial score (nSPS) is 13.6. The first-order valence-electron chi connectivity index (χ1n) is 34.2. The number of carbonyl (C=O) groups is 2. The van der Waals surface area contributed by atoms with Gasteiger partial charge in [0.25, 0.3) is 0 Å². The van der Waals surface area contributed by atoms with Crippen molar-refractivity contribution in [2.75, 3.05) is 26.4 Å². The minimum atomic E-state index is -4.41. The van der Waals surface area contributed by atoms with Gasteiger partial charge in [0.15, 0.2) is 6.10 Å². The number of esters is 2. The van der Waals surface area contributed by atoms with Crippen molar-refractivity contribution in [1.29, 1.82) is 0 Å².